The first-order valence-electron chi connectivity index (χ1n) is 6.67. The first kappa shape index (κ1) is 12.6. The molecule has 0 spiro atoms. The van der Waals surface area contributed by atoms with Crippen LogP contribution in [-0.2, 0) is 0 Å². The van der Waals surface area contributed by atoms with Crippen molar-refractivity contribution >= 4 is 11.6 Å². The molecule has 1 aliphatic rings. The summed E-state index contributed by atoms with van der Waals surface area (Å²) in [7, 11) is 2.18. The molecule has 0 bridgehead atoms. The molecule has 0 amide bonds. The van der Waals surface area contributed by atoms with Crippen molar-refractivity contribution in [2.24, 2.45) is 0 Å². The minimum Gasteiger partial charge on any atom is -0.299 e. The molecule has 1 aromatic heterocycles. The van der Waals surface area contributed by atoms with Crippen LogP contribution < -0.4 is 0 Å². The number of benzene rings is 1. The van der Waals surface area contributed by atoms with Gasteiger partial charge in [0.05, 0.1) is 0 Å². The van der Waals surface area contributed by atoms with Crippen molar-refractivity contribution in [2.45, 2.75) is 18.9 Å². The summed E-state index contributed by atoms with van der Waals surface area (Å²) in [6.45, 7) is 1.15. The number of nitrogens with zero attached hydrogens (tertiary/aromatic N) is 2. The van der Waals surface area contributed by atoms with Crippen LogP contribution in [0, 0.1) is 0 Å². The molecule has 0 saturated carbocycles. The Morgan fingerprint density at radius 1 is 1.26 bits per heavy atom. The molecule has 1 fully saturated rings. The number of halogens is 1. The third-order valence-corrected chi connectivity index (χ3v) is 4.07. The lowest BCUT2D eigenvalue weighted by Crippen LogP contribution is -2.18. The van der Waals surface area contributed by atoms with Gasteiger partial charge in [-0.2, -0.15) is 0 Å². The number of aromatic nitrogens is 1. The maximum absolute atomic E-state index is 6.09. The summed E-state index contributed by atoms with van der Waals surface area (Å²) in [6.07, 6.45) is 4.38. The molecule has 0 N–H and O–H groups in total. The van der Waals surface area contributed by atoms with E-state index in [9.17, 15) is 0 Å². The Kier molecular flexibility index (Phi) is 3.54. The average Bonchev–Trinajstić information content (AvgIpc) is 2.86. The zero-order valence-corrected chi connectivity index (χ0v) is 11.8. The molecule has 0 unspecified atom stereocenters. The van der Waals surface area contributed by atoms with E-state index >= 15 is 0 Å². The highest BCUT2D eigenvalue weighted by atomic mass is 35.5. The average molecular weight is 273 g/mol. The fourth-order valence-electron chi connectivity index (χ4n) is 2.88. The van der Waals surface area contributed by atoms with E-state index in [1.54, 1.807) is 0 Å². The van der Waals surface area contributed by atoms with Crippen molar-refractivity contribution < 1.29 is 0 Å². The summed E-state index contributed by atoms with van der Waals surface area (Å²) < 4.78 is 0. The number of likely N-dealkylation sites (tertiary alicyclic amines) is 1. The minimum atomic E-state index is 0.458. The van der Waals surface area contributed by atoms with Crippen molar-refractivity contribution in [1.82, 2.24) is 9.88 Å². The van der Waals surface area contributed by atoms with Gasteiger partial charge >= 0.3 is 0 Å². The SMILES string of the molecule is CN1CCC[C@H]1c1cnc(Cl)cc1-c1ccccc1. The van der Waals surface area contributed by atoms with Gasteiger partial charge in [0.2, 0.25) is 0 Å². The smallest absolute Gasteiger partial charge is 0.129 e. The Bertz CT molecular complexity index is 568. The van der Waals surface area contributed by atoms with Crippen molar-refractivity contribution in [3.63, 3.8) is 0 Å². The van der Waals surface area contributed by atoms with Crippen LogP contribution in [0.4, 0.5) is 0 Å². The first-order chi connectivity index (χ1) is 9.25. The van der Waals surface area contributed by atoms with E-state index in [0.717, 1.165) is 6.54 Å². The van der Waals surface area contributed by atoms with Crippen LogP contribution in [0.25, 0.3) is 11.1 Å². The Hall–Kier alpha value is -1.38. The Morgan fingerprint density at radius 2 is 2.05 bits per heavy atom. The predicted octanol–water partition coefficient (Wildman–Crippen LogP) is 4.17. The van der Waals surface area contributed by atoms with E-state index in [0.29, 0.717) is 11.2 Å². The zero-order chi connectivity index (χ0) is 13.2. The predicted molar refractivity (Wildman–Crippen MR) is 79.3 cm³/mol. The number of rotatable bonds is 2. The molecular weight excluding hydrogens is 256 g/mol. The van der Waals surface area contributed by atoms with Crippen LogP contribution in [0.15, 0.2) is 42.6 Å². The van der Waals surface area contributed by atoms with E-state index < -0.39 is 0 Å². The molecule has 3 rings (SSSR count). The molecule has 2 nitrogen and oxygen atoms in total. The van der Waals surface area contributed by atoms with Gasteiger partial charge in [0.25, 0.3) is 0 Å². The second kappa shape index (κ2) is 5.32. The molecule has 19 heavy (non-hydrogen) atoms. The fourth-order valence-corrected chi connectivity index (χ4v) is 3.03. The van der Waals surface area contributed by atoms with E-state index in [1.807, 2.05) is 18.3 Å². The van der Waals surface area contributed by atoms with Crippen LogP contribution in [-0.4, -0.2) is 23.5 Å². The van der Waals surface area contributed by atoms with Gasteiger partial charge in [-0.3, -0.25) is 4.90 Å². The Morgan fingerprint density at radius 3 is 2.74 bits per heavy atom. The third-order valence-electron chi connectivity index (χ3n) is 3.87. The van der Waals surface area contributed by atoms with Crippen LogP contribution in [0.5, 0.6) is 0 Å². The van der Waals surface area contributed by atoms with Crippen LogP contribution in [0.1, 0.15) is 24.4 Å². The summed E-state index contributed by atoms with van der Waals surface area (Å²) in [5.41, 5.74) is 3.71. The van der Waals surface area contributed by atoms with Gasteiger partial charge in [0.1, 0.15) is 5.15 Å². The zero-order valence-electron chi connectivity index (χ0n) is 11.0. The third kappa shape index (κ3) is 2.51. The normalized spacial score (nSPS) is 19.8. The Balaban J connectivity index is 2.10. The summed E-state index contributed by atoms with van der Waals surface area (Å²) in [5.74, 6) is 0. The van der Waals surface area contributed by atoms with E-state index in [-0.39, 0.29) is 0 Å². The van der Waals surface area contributed by atoms with E-state index in [1.165, 1.54) is 29.5 Å². The molecule has 2 heterocycles. The topological polar surface area (TPSA) is 16.1 Å². The molecule has 1 atom stereocenters. The highest BCUT2D eigenvalue weighted by Gasteiger charge is 2.25. The van der Waals surface area contributed by atoms with Crippen LogP contribution in [0.2, 0.25) is 5.15 Å². The number of hydrogen-bond donors (Lipinski definition) is 0. The van der Waals surface area contributed by atoms with E-state index in [2.05, 4.69) is 41.2 Å². The quantitative estimate of drug-likeness (QED) is 0.763. The van der Waals surface area contributed by atoms with Gasteiger partial charge < -0.3 is 0 Å². The second-order valence-corrected chi connectivity index (χ2v) is 5.49. The van der Waals surface area contributed by atoms with Crippen LogP contribution >= 0.6 is 11.6 Å². The van der Waals surface area contributed by atoms with Gasteiger partial charge in [-0.25, -0.2) is 4.98 Å². The molecule has 3 heteroatoms. The molecule has 0 aliphatic carbocycles. The second-order valence-electron chi connectivity index (χ2n) is 5.10. The monoisotopic (exact) mass is 272 g/mol. The molecule has 1 saturated heterocycles. The molecule has 2 aromatic rings. The van der Waals surface area contributed by atoms with Gasteiger partial charge in [0.15, 0.2) is 0 Å². The molecule has 98 valence electrons. The molecule has 1 aromatic carbocycles. The van der Waals surface area contributed by atoms with Crippen LogP contribution in [0.3, 0.4) is 0 Å². The van der Waals surface area contributed by atoms with Crippen molar-refractivity contribution in [3.05, 3.63) is 53.3 Å². The van der Waals surface area contributed by atoms with Gasteiger partial charge in [0, 0.05) is 12.2 Å². The molecule has 0 radical (unpaired) electrons. The van der Waals surface area contributed by atoms with Crippen molar-refractivity contribution in [3.8, 4) is 11.1 Å². The van der Waals surface area contributed by atoms with Crippen molar-refractivity contribution in [2.75, 3.05) is 13.6 Å². The van der Waals surface area contributed by atoms with Gasteiger partial charge in [-0.05, 0) is 49.2 Å². The number of pyridine rings is 1. The van der Waals surface area contributed by atoms with E-state index in [4.69, 9.17) is 11.6 Å². The number of hydrogen-bond acceptors (Lipinski definition) is 2. The summed E-state index contributed by atoms with van der Waals surface area (Å²) >= 11 is 6.09. The summed E-state index contributed by atoms with van der Waals surface area (Å²) in [6, 6.07) is 12.9. The van der Waals surface area contributed by atoms with Crippen molar-refractivity contribution in [1.29, 1.82) is 0 Å². The fraction of sp³-hybridized carbons (Fsp3) is 0.312. The minimum absolute atomic E-state index is 0.458. The maximum atomic E-state index is 6.09. The molecule has 1 aliphatic heterocycles. The summed E-state index contributed by atoms with van der Waals surface area (Å²) in [5, 5.41) is 0.559. The first-order valence-corrected chi connectivity index (χ1v) is 7.04. The Labute approximate surface area is 119 Å². The highest BCUT2D eigenvalue weighted by Crippen LogP contribution is 2.37. The lowest BCUT2D eigenvalue weighted by molar-refractivity contribution is 0.317. The lowest BCUT2D eigenvalue weighted by atomic mass is 9.96. The standard InChI is InChI=1S/C16H17ClN2/c1-19-9-5-8-15(19)14-11-18-16(17)10-13(14)12-6-3-2-4-7-12/h2-4,6-7,10-11,15H,5,8-9H2,1H3/t15-/m0/s1. The highest BCUT2D eigenvalue weighted by molar-refractivity contribution is 6.29. The maximum Gasteiger partial charge on any atom is 0.129 e. The largest absolute Gasteiger partial charge is 0.299 e. The molecular formula is C16H17ClN2. The lowest BCUT2D eigenvalue weighted by Gasteiger charge is -2.22. The van der Waals surface area contributed by atoms with Gasteiger partial charge in [-0.15, -0.1) is 0 Å². The van der Waals surface area contributed by atoms with Gasteiger partial charge in [-0.1, -0.05) is 41.9 Å². The summed E-state index contributed by atoms with van der Waals surface area (Å²) in [4.78, 5) is 6.68.